The molecule has 1 aliphatic carbocycles. The van der Waals surface area contributed by atoms with Gasteiger partial charge in [-0.05, 0) is 37.9 Å². The predicted octanol–water partition coefficient (Wildman–Crippen LogP) is 2.49. The van der Waals surface area contributed by atoms with Gasteiger partial charge in [0, 0.05) is 44.9 Å². The largest absolute Gasteiger partial charge is 0.342 e. The number of benzene rings is 1. The Morgan fingerprint density at radius 1 is 1.13 bits per heavy atom. The molecule has 1 spiro atoms. The van der Waals surface area contributed by atoms with E-state index < -0.39 is 0 Å². The summed E-state index contributed by atoms with van der Waals surface area (Å²) in [5.41, 5.74) is 0.867. The van der Waals surface area contributed by atoms with Gasteiger partial charge in [0.2, 0.25) is 11.8 Å². The summed E-state index contributed by atoms with van der Waals surface area (Å²) in [5, 5.41) is 3.75. The lowest BCUT2D eigenvalue weighted by molar-refractivity contribution is -0.142. The van der Waals surface area contributed by atoms with E-state index in [1.54, 1.807) is 0 Å². The molecule has 1 N–H and O–H groups in total. The molecule has 3 fully saturated rings. The van der Waals surface area contributed by atoms with Gasteiger partial charge in [0.05, 0.1) is 11.7 Å². The van der Waals surface area contributed by atoms with Gasteiger partial charge in [-0.1, -0.05) is 50.6 Å². The average molecular weight is 427 g/mol. The summed E-state index contributed by atoms with van der Waals surface area (Å²) >= 11 is 0. The van der Waals surface area contributed by atoms with E-state index >= 15 is 0 Å². The third-order valence-electron chi connectivity index (χ3n) is 7.70. The van der Waals surface area contributed by atoms with Crippen LogP contribution in [-0.4, -0.2) is 77.5 Å². The molecule has 170 valence electrons. The summed E-state index contributed by atoms with van der Waals surface area (Å²) in [4.78, 5) is 32.8. The van der Waals surface area contributed by atoms with Crippen LogP contribution in [0.4, 0.5) is 0 Å². The number of nitrogens with one attached hydrogen (secondary N) is 1. The first-order valence-electron chi connectivity index (χ1n) is 12.2. The summed E-state index contributed by atoms with van der Waals surface area (Å²) in [5.74, 6) is 0.799. The highest BCUT2D eigenvalue weighted by molar-refractivity contribution is 5.86. The minimum Gasteiger partial charge on any atom is -0.342 e. The molecule has 1 atom stereocenters. The van der Waals surface area contributed by atoms with E-state index in [0.29, 0.717) is 12.3 Å². The summed E-state index contributed by atoms with van der Waals surface area (Å²) in [6.45, 7) is 9.47. The fourth-order valence-electron chi connectivity index (χ4n) is 5.38. The summed E-state index contributed by atoms with van der Waals surface area (Å²) < 4.78 is 0. The number of nitrogens with zero attached hydrogens (tertiary/aromatic N) is 3. The Morgan fingerprint density at radius 2 is 1.81 bits per heavy atom. The summed E-state index contributed by atoms with van der Waals surface area (Å²) in [6, 6.07) is 10.1. The zero-order valence-corrected chi connectivity index (χ0v) is 19.2. The maximum absolute atomic E-state index is 13.5. The number of carbonyl (C=O) groups is 2. The first kappa shape index (κ1) is 22.3. The van der Waals surface area contributed by atoms with Crippen molar-refractivity contribution in [3.63, 3.8) is 0 Å². The molecule has 1 aromatic rings. The average Bonchev–Trinajstić information content (AvgIpc) is 2.99. The molecule has 0 unspecified atom stereocenters. The number of piperidine rings is 1. The maximum atomic E-state index is 13.5. The quantitative estimate of drug-likeness (QED) is 0.694. The Bertz CT molecular complexity index is 752. The normalized spacial score (nSPS) is 23.6. The highest BCUT2D eigenvalue weighted by atomic mass is 16.2. The van der Waals surface area contributed by atoms with Crippen LogP contribution >= 0.6 is 0 Å². The van der Waals surface area contributed by atoms with E-state index in [4.69, 9.17) is 0 Å². The molecule has 0 bridgehead atoms. The predicted molar refractivity (Wildman–Crippen MR) is 122 cm³/mol. The van der Waals surface area contributed by atoms with Crippen LogP contribution in [0.15, 0.2) is 30.3 Å². The first-order chi connectivity index (χ1) is 15.1. The van der Waals surface area contributed by atoms with E-state index in [9.17, 15) is 9.59 Å². The van der Waals surface area contributed by atoms with Gasteiger partial charge in [0.25, 0.3) is 0 Å². The lowest BCUT2D eigenvalue weighted by Crippen LogP contribution is -2.61. The van der Waals surface area contributed by atoms with Crippen LogP contribution in [0.3, 0.4) is 0 Å². The van der Waals surface area contributed by atoms with E-state index in [-0.39, 0.29) is 23.5 Å². The van der Waals surface area contributed by atoms with Crippen molar-refractivity contribution >= 4 is 11.8 Å². The fraction of sp³-hybridized carbons (Fsp3) is 0.680. The maximum Gasteiger partial charge on any atom is 0.241 e. The number of likely N-dealkylation sites (N-methyl/N-ethyl adjacent to an activating group) is 1. The van der Waals surface area contributed by atoms with Crippen molar-refractivity contribution in [2.45, 2.75) is 64.1 Å². The van der Waals surface area contributed by atoms with Crippen LogP contribution in [0.1, 0.15) is 51.5 Å². The van der Waals surface area contributed by atoms with Crippen LogP contribution in [0, 0.1) is 5.92 Å². The summed E-state index contributed by atoms with van der Waals surface area (Å²) in [7, 11) is 0. The molecule has 2 amide bonds. The molecule has 0 radical (unpaired) electrons. The van der Waals surface area contributed by atoms with Crippen molar-refractivity contribution in [2.24, 2.45) is 5.92 Å². The number of hydrogen-bond donors (Lipinski definition) is 1. The van der Waals surface area contributed by atoms with Crippen LogP contribution in [0.5, 0.6) is 0 Å². The van der Waals surface area contributed by atoms with Crippen molar-refractivity contribution < 1.29 is 9.59 Å². The van der Waals surface area contributed by atoms with Crippen molar-refractivity contribution in [3.8, 4) is 0 Å². The SMILES string of the molecule is CCN(CC)CCN1C(=O)[C@@H](Cc2ccccc2)NC12CCN(C(=O)C1CCC1)CC2. The van der Waals surface area contributed by atoms with Gasteiger partial charge in [-0.2, -0.15) is 0 Å². The first-order valence-corrected chi connectivity index (χ1v) is 12.2. The van der Waals surface area contributed by atoms with Gasteiger partial charge >= 0.3 is 0 Å². The third-order valence-corrected chi connectivity index (χ3v) is 7.70. The molecule has 0 aromatic heterocycles. The molecule has 31 heavy (non-hydrogen) atoms. The Morgan fingerprint density at radius 3 is 2.39 bits per heavy atom. The summed E-state index contributed by atoms with van der Waals surface area (Å²) in [6.07, 6.45) is 5.64. The van der Waals surface area contributed by atoms with Gasteiger partial charge < -0.3 is 14.7 Å². The lowest BCUT2D eigenvalue weighted by atomic mass is 9.83. The topological polar surface area (TPSA) is 55.9 Å². The minimum absolute atomic E-state index is 0.187. The van der Waals surface area contributed by atoms with Crippen LogP contribution in [0.25, 0.3) is 0 Å². The van der Waals surface area contributed by atoms with Crippen LogP contribution in [0.2, 0.25) is 0 Å². The molecule has 6 heteroatoms. The fourth-order valence-corrected chi connectivity index (χ4v) is 5.38. The van der Waals surface area contributed by atoms with Gasteiger partial charge in [0.15, 0.2) is 0 Å². The molecular formula is C25H38N4O2. The lowest BCUT2D eigenvalue weighted by Gasteiger charge is -2.46. The monoisotopic (exact) mass is 426 g/mol. The van der Waals surface area contributed by atoms with Crippen molar-refractivity contribution in [2.75, 3.05) is 39.3 Å². The van der Waals surface area contributed by atoms with Crippen molar-refractivity contribution in [1.82, 2.24) is 20.0 Å². The molecule has 3 aliphatic rings. The van der Waals surface area contributed by atoms with Crippen LogP contribution < -0.4 is 5.32 Å². The molecule has 1 saturated carbocycles. The Labute approximate surface area is 187 Å². The molecule has 1 aromatic carbocycles. The van der Waals surface area contributed by atoms with Gasteiger partial charge in [-0.15, -0.1) is 0 Å². The van der Waals surface area contributed by atoms with Crippen molar-refractivity contribution in [3.05, 3.63) is 35.9 Å². The van der Waals surface area contributed by atoms with E-state index in [1.807, 2.05) is 23.1 Å². The molecular weight excluding hydrogens is 388 g/mol. The molecule has 2 heterocycles. The third kappa shape index (κ3) is 4.65. The molecule has 6 nitrogen and oxygen atoms in total. The highest BCUT2D eigenvalue weighted by Gasteiger charge is 2.51. The molecule has 2 saturated heterocycles. The van der Waals surface area contributed by atoms with Gasteiger partial charge in [-0.25, -0.2) is 0 Å². The van der Waals surface area contributed by atoms with E-state index in [0.717, 1.165) is 65.0 Å². The number of rotatable bonds is 8. The van der Waals surface area contributed by atoms with Crippen molar-refractivity contribution in [1.29, 1.82) is 0 Å². The van der Waals surface area contributed by atoms with E-state index in [1.165, 1.54) is 12.0 Å². The zero-order valence-electron chi connectivity index (χ0n) is 19.2. The van der Waals surface area contributed by atoms with Gasteiger partial charge in [0.1, 0.15) is 0 Å². The second-order valence-electron chi connectivity index (χ2n) is 9.39. The van der Waals surface area contributed by atoms with E-state index in [2.05, 4.69) is 41.1 Å². The number of amides is 2. The Balaban J connectivity index is 1.47. The number of carbonyl (C=O) groups excluding carboxylic acids is 2. The molecule has 2 aliphatic heterocycles. The van der Waals surface area contributed by atoms with Gasteiger partial charge in [-0.3, -0.25) is 14.9 Å². The standard InChI is InChI=1S/C25H38N4O2/c1-3-27(4-2)17-18-29-24(31)22(19-20-9-6-5-7-10-20)26-25(29)13-15-28(16-14-25)23(30)21-11-8-12-21/h5-7,9-10,21-22,26H,3-4,8,11-19H2,1-2H3/t22-/m1/s1. The smallest absolute Gasteiger partial charge is 0.241 e. The Kier molecular flexibility index (Phi) is 6.97. The highest BCUT2D eigenvalue weighted by Crippen LogP contribution is 2.35. The second-order valence-corrected chi connectivity index (χ2v) is 9.39. The molecule has 4 rings (SSSR count). The Hall–Kier alpha value is -1.92. The number of hydrogen-bond acceptors (Lipinski definition) is 4. The number of likely N-dealkylation sites (tertiary alicyclic amines) is 1. The second kappa shape index (κ2) is 9.70. The minimum atomic E-state index is -0.319. The zero-order chi connectivity index (χ0) is 21.8. The van der Waals surface area contributed by atoms with Crippen LogP contribution in [-0.2, 0) is 16.0 Å².